The number of carbonyl (C=O) groups is 1. The van der Waals surface area contributed by atoms with Crippen molar-refractivity contribution < 1.29 is 55.6 Å². The molecule has 0 aliphatic heterocycles. The normalized spacial score (nSPS) is 24.1. The molecule has 4 atom stereocenters. The van der Waals surface area contributed by atoms with Gasteiger partial charge in [-0.25, -0.2) is 4.79 Å². The topological polar surface area (TPSA) is 85.2 Å². The number of aliphatic hydroxyl groups is 2. The lowest BCUT2D eigenvalue weighted by molar-refractivity contribution is -0.408. The van der Waals surface area contributed by atoms with E-state index < -0.39 is 64.5 Å². The van der Waals surface area contributed by atoms with E-state index in [-0.39, 0.29) is 18.4 Å². The van der Waals surface area contributed by atoms with Gasteiger partial charge in [0.15, 0.2) is 0 Å². The summed E-state index contributed by atoms with van der Waals surface area (Å²) in [5.41, 5.74) is -11.3. The first-order valence-electron chi connectivity index (χ1n) is 11.5. The van der Waals surface area contributed by atoms with Crippen LogP contribution in [0, 0.1) is 5.41 Å². The zero-order chi connectivity index (χ0) is 28.9. The highest BCUT2D eigenvalue weighted by molar-refractivity contribution is 5.87. The van der Waals surface area contributed by atoms with Crippen LogP contribution in [0.3, 0.4) is 0 Å². The van der Waals surface area contributed by atoms with Gasteiger partial charge in [-0.15, -0.1) is 0 Å². The second kappa shape index (κ2) is 9.74. The van der Waals surface area contributed by atoms with Crippen LogP contribution in [0.5, 0.6) is 0 Å². The summed E-state index contributed by atoms with van der Waals surface area (Å²) < 4.78 is 98.2. The minimum Gasteiger partial charge on any atom is -0.458 e. The summed E-state index contributed by atoms with van der Waals surface area (Å²) in [6.45, 7) is 15.4. The fourth-order valence-corrected chi connectivity index (χ4v) is 4.99. The molecule has 0 amide bonds. The highest BCUT2D eigenvalue weighted by atomic mass is 19.4. The van der Waals surface area contributed by atoms with Gasteiger partial charge in [-0.3, -0.25) is 0 Å². The Morgan fingerprint density at radius 1 is 0.889 bits per heavy atom. The number of halogens is 6. The number of hydrogen-bond donors (Lipinski definition) is 2. The molecule has 1 aliphatic carbocycles. The number of ether oxygens (including phenoxy) is 3. The molecule has 1 rings (SSSR count). The fourth-order valence-electron chi connectivity index (χ4n) is 4.99. The Kier molecular flexibility index (Phi) is 8.84. The van der Waals surface area contributed by atoms with E-state index in [0.717, 1.165) is 0 Å². The Labute approximate surface area is 208 Å². The maximum Gasteiger partial charge on any atom is 0.428 e. The maximum absolute atomic E-state index is 13.5. The van der Waals surface area contributed by atoms with Crippen LogP contribution < -0.4 is 0 Å². The number of hydrogen-bond acceptors (Lipinski definition) is 6. The van der Waals surface area contributed by atoms with Gasteiger partial charge in [-0.1, -0.05) is 6.58 Å². The molecule has 0 radical (unpaired) electrons. The van der Waals surface area contributed by atoms with E-state index in [9.17, 15) is 41.4 Å². The number of esters is 1. The van der Waals surface area contributed by atoms with E-state index in [4.69, 9.17) is 14.2 Å². The van der Waals surface area contributed by atoms with Crippen LogP contribution in [0.15, 0.2) is 12.2 Å². The molecular formula is C24H38F6O6. The van der Waals surface area contributed by atoms with Crippen molar-refractivity contribution in [1.82, 2.24) is 0 Å². The van der Waals surface area contributed by atoms with Crippen LogP contribution in [0.2, 0.25) is 0 Å². The van der Waals surface area contributed by atoms with Crippen molar-refractivity contribution in [2.75, 3.05) is 0 Å². The summed E-state index contributed by atoms with van der Waals surface area (Å²) in [5, 5.41) is 20.3. The summed E-state index contributed by atoms with van der Waals surface area (Å²) in [5.74, 6) is -0.804. The molecule has 212 valence electrons. The molecule has 12 heteroatoms. The molecule has 0 aromatic rings. The van der Waals surface area contributed by atoms with Gasteiger partial charge in [-0.05, 0) is 75.2 Å². The lowest BCUT2D eigenvalue weighted by Gasteiger charge is -2.64. The summed E-state index contributed by atoms with van der Waals surface area (Å²) in [6.07, 6.45) is -16.5. The van der Waals surface area contributed by atoms with E-state index in [1.807, 2.05) is 0 Å². The van der Waals surface area contributed by atoms with Gasteiger partial charge >= 0.3 is 18.3 Å². The average molecular weight is 537 g/mol. The Bertz CT molecular complexity index is 812. The summed E-state index contributed by atoms with van der Waals surface area (Å²) in [4.78, 5) is 12.3. The first-order valence-corrected chi connectivity index (χ1v) is 11.5. The summed E-state index contributed by atoms with van der Waals surface area (Å²) >= 11 is 0. The SMILES string of the molecule is C=C(C)C(=O)OC1CCC1(C(C)(C)OC(C)C(C)(C)O)C(C)(C)OC(C)C(O)(C(F)(F)F)C(F)(F)F. The van der Waals surface area contributed by atoms with Gasteiger partial charge in [0.05, 0.1) is 28.3 Å². The molecule has 1 saturated carbocycles. The lowest BCUT2D eigenvalue weighted by Crippen LogP contribution is -2.73. The van der Waals surface area contributed by atoms with Gasteiger partial charge in [0.1, 0.15) is 12.2 Å². The molecule has 1 aliphatic rings. The fraction of sp³-hybridized carbons (Fsp3) is 0.875. The van der Waals surface area contributed by atoms with Crippen LogP contribution in [-0.2, 0) is 19.0 Å². The third-order valence-electron chi connectivity index (χ3n) is 7.49. The molecule has 1 fully saturated rings. The Morgan fingerprint density at radius 3 is 1.56 bits per heavy atom. The van der Waals surface area contributed by atoms with Gasteiger partial charge in [0.2, 0.25) is 0 Å². The molecule has 4 unspecified atom stereocenters. The van der Waals surface area contributed by atoms with Gasteiger partial charge < -0.3 is 24.4 Å². The molecule has 36 heavy (non-hydrogen) atoms. The van der Waals surface area contributed by atoms with Crippen LogP contribution >= 0.6 is 0 Å². The van der Waals surface area contributed by atoms with Crippen LogP contribution in [0.25, 0.3) is 0 Å². The Balaban J connectivity index is 3.64. The zero-order valence-corrected chi connectivity index (χ0v) is 22.1. The van der Waals surface area contributed by atoms with Crippen LogP contribution in [0.4, 0.5) is 26.3 Å². The van der Waals surface area contributed by atoms with E-state index in [2.05, 4.69) is 6.58 Å². The summed E-state index contributed by atoms with van der Waals surface area (Å²) in [6, 6.07) is 0. The predicted molar refractivity (Wildman–Crippen MR) is 119 cm³/mol. The van der Waals surface area contributed by atoms with Crippen molar-refractivity contribution in [2.45, 2.75) is 128 Å². The van der Waals surface area contributed by atoms with E-state index in [1.165, 1.54) is 48.5 Å². The highest BCUT2D eigenvalue weighted by Gasteiger charge is 2.75. The zero-order valence-electron chi connectivity index (χ0n) is 22.1. The van der Waals surface area contributed by atoms with Crippen molar-refractivity contribution in [3.05, 3.63) is 12.2 Å². The number of alkyl halides is 6. The Hall–Kier alpha value is -1.37. The average Bonchev–Trinajstić information content (AvgIpc) is 2.60. The molecule has 0 aromatic carbocycles. The molecule has 0 spiro atoms. The molecule has 0 heterocycles. The summed E-state index contributed by atoms with van der Waals surface area (Å²) in [7, 11) is 0. The van der Waals surface area contributed by atoms with Gasteiger partial charge in [0.25, 0.3) is 5.60 Å². The largest absolute Gasteiger partial charge is 0.458 e. The number of carbonyl (C=O) groups excluding carboxylic acids is 1. The molecule has 2 N–H and O–H groups in total. The van der Waals surface area contributed by atoms with Gasteiger partial charge in [-0.2, -0.15) is 26.3 Å². The second-order valence-corrected chi connectivity index (χ2v) is 11.1. The second-order valence-electron chi connectivity index (χ2n) is 11.1. The van der Waals surface area contributed by atoms with Crippen molar-refractivity contribution in [1.29, 1.82) is 0 Å². The Morgan fingerprint density at radius 2 is 1.28 bits per heavy atom. The first kappa shape index (κ1) is 32.7. The third kappa shape index (κ3) is 5.56. The molecule has 0 bridgehead atoms. The van der Waals surface area contributed by atoms with Crippen molar-refractivity contribution in [3.63, 3.8) is 0 Å². The maximum atomic E-state index is 13.5. The van der Waals surface area contributed by atoms with E-state index >= 15 is 0 Å². The van der Waals surface area contributed by atoms with Crippen LogP contribution in [0.1, 0.15) is 75.2 Å². The predicted octanol–water partition coefficient (Wildman–Crippen LogP) is 5.25. The van der Waals surface area contributed by atoms with Gasteiger partial charge in [0, 0.05) is 5.57 Å². The molecule has 0 aromatic heterocycles. The standard InChI is InChI=1S/C24H38F6O6/c1-13(2)17(31)34-16-11-12-21(16,19(7,8)35-14(3)18(5,6)32)20(9,10)36-15(4)22(33,23(25,26)27)24(28,29)30/h14-16,32-33H,1,11-12H2,2-10H3. The van der Waals surface area contributed by atoms with E-state index in [0.29, 0.717) is 6.92 Å². The monoisotopic (exact) mass is 536 g/mol. The highest BCUT2D eigenvalue weighted by Crippen LogP contribution is 2.61. The van der Waals surface area contributed by atoms with Crippen LogP contribution in [-0.4, -0.2) is 69.3 Å². The molecule has 6 nitrogen and oxygen atoms in total. The van der Waals surface area contributed by atoms with Crippen molar-refractivity contribution in [2.24, 2.45) is 5.41 Å². The molecular weight excluding hydrogens is 498 g/mol. The van der Waals surface area contributed by atoms with Crippen molar-refractivity contribution in [3.8, 4) is 0 Å². The van der Waals surface area contributed by atoms with Crippen molar-refractivity contribution >= 4 is 5.97 Å². The third-order valence-corrected chi connectivity index (χ3v) is 7.49. The minimum atomic E-state index is -6.10. The lowest BCUT2D eigenvalue weighted by atomic mass is 9.50. The smallest absolute Gasteiger partial charge is 0.428 e. The first-order chi connectivity index (χ1) is 15.7. The number of rotatable bonds is 10. The molecule has 0 saturated heterocycles. The minimum absolute atomic E-state index is 0.0370. The van der Waals surface area contributed by atoms with E-state index in [1.54, 1.807) is 6.92 Å². The quantitative estimate of drug-likeness (QED) is 0.226.